The summed E-state index contributed by atoms with van der Waals surface area (Å²) in [5.74, 6) is -1.27. The number of anilines is 2. The highest BCUT2D eigenvalue weighted by Gasteiger charge is 2.29. The minimum Gasteiger partial charge on any atom is -0.396 e. The number of likely N-dealkylation sites (N-methyl/N-ethyl adjacent to an activating group) is 1. The molecule has 0 fully saturated rings. The smallest absolute Gasteiger partial charge is 0.396 e. The van der Waals surface area contributed by atoms with Crippen molar-refractivity contribution in [2.45, 2.75) is 6.18 Å². The van der Waals surface area contributed by atoms with Gasteiger partial charge in [-0.15, -0.1) is 0 Å². The molecule has 0 aliphatic carbocycles. The zero-order chi connectivity index (χ0) is 14.6. The predicted octanol–water partition coefficient (Wildman–Crippen LogP) is 1.84. The van der Waals surface area contributed by atoms with Crippen LogP contribution in [0.15, 0.2) is 18.2 Å². The monoisotopic (exact) mass is 279 g/mol. The molecule has 0 saturated heterocycles. The van der Waals surface area contributed by atoms with Crippen molar-refractivity contribution < 1.29 is 22.4 Å². The number of rotatable bonds is 4. The standard InChI is InChI=1S/C11H13F4N3O/c1-18(6-11(13,14)15)5-10(19)17-7-2-3-8(12)9(16)4-7/h2-4H,5-6,16H2,1H3,(H,17,19). The Labute approximate surface area is 107 Å². The van der Waals surface area contributed by atoms with Gasteiger partial charge >= 0.3 is 6.18 Å². The van der Waals surface area contributed by atoms with E-state index in [-0.39, 0.29) is 11.4 Å². The van der Waals surface area contributed by atoms with Crippen molar-refractivity contribution in [1.82, 2.24) is 4.90 Å². The maximum absolute atomic E-state index is 12.9. The number of nitrogen functional groups attached to an aromatic ring is 1. The van der Waals surface area contributed by atoms with Crippen molar-refractivity contribution >= 4 is 17.3 Å². The molecule has 0 aliphatic rings. The molecule has 4 nitrogen and oxygen atoms in total. The second-order valence-electron chi connectivity index (χ2n) is 4.07. The van der Waals surface area contributed by atoms with Crippen LogP contribution in [-0.4, -0.2) is 37.1 Å². The summed E-state index contributed by atoms with van der Waals surface area (Å²) in [5, 5.41) is 2.33. The number of hydrogen-bond donors (Lipinski definition) is 2. The van der Waals surface area contributed by atoms with E-state index in [0.717, 1.165) is 11.0 Å². The Balaban J connectivity index is 2.53. The fourth-order valence-electron chi connectivity index (χ4n) is 1.43. The van der Waals surface area contributed by atoms with E-state index in [0.29, 0.717) is 0 Å². The summed E-state index contributed by atoms with van der Waals surface area (Å²) in [7, 11) is 1.17. The van der Waals surface area contributed by atoms with Gasteiger partial charge in [-0.3, -0.25) is 9.69 Å². The van der Waals surface area contributed by atoms with Gasteiger partial charge in [0.1, 0.15) is 5.82 Å². The van der Waals surface area contributed by atoms with Crippen LogP contribution in [0, 0.1) is 5.82 Å². The van der Waals surface area contributed by atoms with Crippen LogP contribution < -0.4 is 11.1 Å². The topological polar surface area (TPSA) is 58.4 Å². The van der Waals surface area contributed by atoms with Crippen LogP contribution in [0.1, 0.15) is 0 Å². The number of alkyl halides is 3. The molecule has 0 saturated carbocycles. The third kappa shape index (κ3) is 5.56. The van der Waals surface area contributed by atoms with Crippen LogP contribution >= 0.6 is 0 Å². The lowest BCUT2D eigenvalue weighted by Crippen LogP contribution is -2.36. The second kappa shape index (κ2) is 5.87. The van der Waals surface area contributed by atoms with Gasteiger partial charge in [-0.05, 0) is 25.2 Å². The fourth-order valence-corrected chi connectivity index (χ4v) is 1.43. The molecule has 0 spiro atoms. The van der Waals surface area contributed by atoms with Gasteiger partial charge in [0.05, 0.1) is 18.8 Å². The number of benzene rings is 1. The third-order valence-corrected chi connectivity index (χ3v) is 2.14. The third-order valence-electron chi connectivity index (χ3n) is 2.14. The molecule has 106 valence electrons. The maximum atomic E-state index is 12.9. The molecule has 0 atom stereocenters. The largest absolute Gasteiger partial charge is 0.401 e. The van der Waals surface area contributed by atoms with Crippen molar-refractivity contribution in [3.8, 4) is 0 Å². The van der Waals surface area contributed by atoms with Gasteiger partial charge in [0.15, 0.2) is 0 Å². The van der Waals surface area contributed by atoms with E-state index in [4.69, 9.17) is 5.73 Å². The van der Waals surface area contributed by atoms with Crippen LogP contribution in [0.3, 0.4) is 0 Å². The summed E-state index contributed by atoms with van der Waals surface area (Å²) >= 11 is 0. The van der Waals surface area contributed by atoms with Gasteiger partial charge in [0.2, 0.25) is 5.91 Å². The first-order valence-corrected chi connectivity index (χ1v) is 5.27. The molecule has 1 aromatic carbocycles. The second-order valence-corrected chi connectivity index (χ2v) is 4.07. The van der Waals surface area contributed by atoms with Crippen molar-refractivity contribution in [2.75, 3.05) is 31.2 Å². The number of carbonyl (C=O) groups is 1. The number of hydrogen-bond acceptors (Lipinski definition) is 3. The maximum Gasteiger partial charge on any atom is 0.401 e. The van der Waals surface area contributed by atoms with Crippen molar-refractivity contribution in [3.63, 3.8) is 0 Å². The summed E-state index contributed by atoms with van der Waals surface area (Å²) in [6.07, 6.45) is -4.37. The predicted molar refractivity (Wildman–Crippen MR) is 63.0 cm³/mol. The summed E-state index contributed by atoms with van der Waals surface area (Å²) in [5.41, 5.74) is 5.37. The summed E-state index contributed by atoms with van der Waals surface area (Å²) in [6, 6.07) is 3.52. The van der Waals surface area contributed by atoms with Gasteiger partial charge in [-0.1, -0.05) is 0 Å². The number of nitrogens with two attached hydrogens (primary N) is 1. The van der Waals surface area contributed by atoms with Crippen molar-refractivity contribution in [3.05, 3.63) is 24.0 Å². The summed E-state index contributed by atoms with van der Waals surface area (Å²) in [4.78, 5) is 12.3. The summed E-state index contributed by atoms with van der Waals surface area (Å²) < 4.78 is 49.0. The van der Waals surface area contributed by atoms with Gasteiger partial charge in [-0.2, -0.15) is 13.2 Å². The SMILES string of the molecule is CN(CC(=O)Nc1ccc(F)c(N)c1)CC(F)(F)F. The fraction of sp³-hybridized carbons (Fsp3) is 0.364. The normalized spacial score (nSPS) is 11.7. The Hall–Kier alpha value is -1.83. The molecule has 19 heavy (non-hydrogen) atoms. The molecule has 0 radical (unpaired) electrons. The molecular weight excluding hydrogens is 266 g/mol. The van der Waals surface area contributed by atoms with E-state index in [9.17, 15) is 22.4 Å². The van der Waals surface area contributed by atoms with Gasteiger partial charge in [0.25, 0.3) is 0 Å². The van der Waals surface area contributed by atoms with Crippen LogP contribution in [0.25, 0.3) is 0 Å². The average Bonchev–Trinajstić information content (AvgIpc) is 2.20. The zero-order valence-corrected chi connectivity index (χ0v) is 10.1. The lowest BCUT2D eigenvalue weighted by atomic mass is 10.2. The Kier molecular flexibility index (Phi) is 4.71. The van der Waals surface area contributed by atoms with Crippen LogP contribution in [0.2, 0.25) is 0 Å². The Bertz CT molecular complexity index is 462. The van der Waals surface area contributed by atoms with E-state index < -0.39 is 31.0 Å². The molecule has 0 bridgehead atoms. The summed E-state index contributed by atoms with van der Waals surface area (Å²) in [6.45, 7) is -1.62. The molecule has 0 unspecified atom stereocenters. The van der Waals surface area contributed by atoms with Gasteiger partial charge < -0.3 is 11.1 Å². The first kappa shape index (κ1) is 15.2. The van der Waals surface area contributed by atoms with E-state index in [1.807, 2.05) is 0 Å². The highest BCUT2D eigenvalue weighted by atomic mass is 19.4. The van der Waals surface area contributed by atoms with Crippen molar-refractivity contribution in [2.24, 2.45) is 0 Å². The number of amides is 1. The molecule has 1 aromatic rings. The molecule has 1 rings (SSSR count). The first-order valence-electron chi connectivity index (χ1n) is 5.27. The van der Waals surface area contributed by atoms with E-state index in [2.05, 4.69) is 5.32 Å². The minimum atomic E-state index is -4.37. The molecular formula is C11H13F4N3O. The number of nitrogens with one attached hydrogen (secondary N) is 1. The average molecular weight is 279 g/mol. The highest BCUT2D eigenvalue weighted by Crippen LogP contribution is 2.17. The number of nitrogens with zero attached hydrogens (tertiary/aromatic N) is 1. The van der Waals surface area contributed by atoms with E-state index >= 15 is 0 Å². The molecule has 3 N–H and O–H groups in total. The minimum absolute atomic E-state index is 0.151. The highest BCUT2D eigenvalue weighted by molar-refractivity contribution is 5.92. The van der Waals surface area contributed by atoms with Gasteiger partial charge in [0, 0.05) is 5.69 Å². The molecule has 8 heteroatoms. The van der Waals surface area contributed by atoms with Crippen LogP contribution in [0.4, 0.5) is 28.9 Å². The molecule has 0 aliphatic heterocycles. The van der Waals surface area contributed by atoms with Crippen molar-refractivity contribution in [1.29, 1.82) is 0 Å². The first-order chi connectivity index (χ1) is 8.67. The quantitative estimate of drug-likeness (QED) is 0.653. The van der Waals surface area contributed by atoms with E-state index in [1.54, 1.807) is 0 Å². The van der Waals surface area contributed by atoms with Gasteiger partial charge in [-0.25, -0.2) is 4.39 Å². The number of carbonyl (C=O) groups excluding carboxylic acids is 1. The molecule has 0 heterocycles. The number of halogens is 4. The van der Waals surface area contributed by atoms with Crippen LogP contribution in [-0.2, 0) is 4.79 Å². The van der Waals surface area contributed by atoms with E-state index in [1.165, 1.54) is 19.2 Å². The van der Waals surface area contributed by atoms with Crippen LogP contribution in [0.5, 0.6) is 0 Å². The zero-order valence-electron chi connectivity index (χ0n) is 10.1. The lowest BCUT2D eigenvalue weighted by molar-refractivity contribution is -0.145. The lowest BCUT2D eigenvalue weighted by Gasteiger charge is -2.18. The molecule has 1 amide bonds. The molecule has 0 aromatic heterocycles. The Morgan fingerprint density at radius 2 is 2.05 bits per heavy atom. The Morgan fingerprint density at radius 3 is 2.58 bits per heavy atom. The Morgan fingerprint density at radius 1 is 1.42 bits per heavy atom.